The van der Waals surface area contributed by atoms with Crippen molar-refractivity contribution in [1.82, 2.24) is 4.98 Å². The van der Waals surface area contributed by atoms with Gasteiger partial charge in [-0.05, 0) is 42.8 Å². The van der Waals surface area contributed by atoms with Crippen LogP contribution in [0.25, 0.3) is 0 Å². The predicted octanol–water partition coefficient (Wildman–Crippen LogP) is 1.84. The molecule has 2 rings (SSSR count). The highest BCUT2D eigenvalue weighted by atomic mass is 16.1. The average molecular weight is 241 g/mol. The Bertz CT molecular complexity index is 526. The quantitative estimate of drug-likeness (QED) is 0.858. The van der Waals surface area contributed by atoms with E-state index in [1.165, 1.54) is 0 Å². The molecule has 18 heavy (non-hydrogen) atoms. The number of aromatic nitrogens is 1. The SMILES string of the molecule is NCCc1cccc(C(=O)Nc2ccncc2)c1. The molecule has 1 aromatic heterocycles. The van der Waals surface area contributed by atoms with Crippen LogP contribution in [0.1, 0.15) is 15.9 Å². The van der Waals surface area contributed by atoms with Gasteiger partial charge in [0, 0.05) is 23.6 Å². The number of hydrogen-bond donors (Lipinski definition) is 2. The molecule has 0 atom stereocenters. The molecule has 0 unspecified atom stereocenters. The average Bonchev–Trinajstić information content (AvgIpc) is 2.40. The fourth-order valence-electron chi connectivity index (χ4n) is 1.67. The van der Waals surface area contributed by atoms with E-state index in [0.29, 0.717) is 12.1 Å². The maximum atomic E-state index is 12.0. The highest BCUT2D eigenvalue weighted by molar-refractivity contribution is 6.04. The van der Waals surface area contributed by atoms with Gasteiger partial charge in [0.25, 0.3) is 5.91 Å². The Balaban J connectivity index is 2.11. The second-order valence-corrected chi connectivity index (χ2v) is 3.93. The molecule has 3 N–H and O–H groups in total. The minimum atomic E-state index is -0.125. The Labute approximate surface area is 106 Å². The van der Waals surface area contributed by atoms with Gasteiger partial charge in [-0.1, -0.05) is 12.1 Å². The molecule has 1 heterocycles. The molecule has 92 valence electrons. The lowest BCUT2D eigenvalue weighted by Crippen LogP contribution is -2.12. The zero-order valence-electron chi connectivity index (χ0n) is 9.97. The number of pyridine rings is 1. The summed E-state index contributed by atoms with van der Waals surface area (Å²) < 4.78 is 0. The van der Waals surface area contributed by atoms with Gasteiger partial charge >= 0.3 is 0 Å². The van der Waals surface area contributed by atoms with Gasteiger partial charge in [0.1, 0.15) is 0 Å². The zero-order chi connectivity index (χ0) is 12.8. The summed E-state index contributed by atoms with van der Waals surface area (Å²) in [7, 11) is 0. The molecule has 0 saturated heterocycles. The van der Waals surface area contributed by atoms with E-state index in [9.17, 15) is 4.79 Å². The lowest BCUT2D eigenvalue weighted by molar-refractivity contribution is 0.102. The first-order chi connectivity index (χ1) is 8.79. The highest BCUT2D eigenvalue weighted by Gasteiger charge is 2.06. The summed E-state index contributed by atoms with van der Waals surface area (Å²) in [5, 5.41) is 2.82. The molecule has 1 amide bonds. The van der Waals surface area contributed by atoms with Crippen LogP contribution in [0.2, 0.25) is 0 Å². The molecule has 0 aliphatic carbocycles. The van der Waals surface area contributed by atoms with Crippen LogP contribution in [-0.4, -0.2) is 17.4 Å². The van der Waals surface area contributed by atoms with E-state index in [1.54, 1.807) is 30.6 Å². The Morgan fingerprint density at radius 2 is 2.00 bits per heavy atom. The molecule has 0 bridgehead atoms. The van der Waals surface area contributed by atoms with E-state index in [4.69, 9.17) is 5.73 Å². The van der Waals surface area contributed by atoms with E-state index >= 15 is 0 Å². The van der Waals surface area contributed by atoms with Gasteiger partial charge in [-0.25, -0.2) is 0 Å². The summed E-state index contributed by atoms with van der Waals surface area (Å²) >= 11 is 0. The van der Waals surface area contributed by atoms with E-state index in [-0.39, 0.29) is 5.91 Å². The molecule has 0 aliphatic heterocycles. The first kappa shape index (κ1) is 12.3. The van der Waals surface area contributed by atoms with Gasteiger partial charge in [-0.2, -0.15) is 0 Å². The number of carbonyl (C=O) groups excluding carboxylic acids is 1. The summed E-state index contributed by atoms with van der Waals surface area (Å²) in [6.45, 7) is 0.579. The maximum absolute atomic E-state index is 12.0. The van der Waals surface area contributed by atoms with Crippen LogP contribution in [0.4, 0.5) is 5.69 Å². The number of nitrogens with one attached hydrogen (secondary N) is 1. The van der Waals surface area contributed by atoms with Crippen molar-refractivity contribution >= 4 is 11.6 Å². The molecule has 0 radical (unpaired) electrons. The van der Waals surface area contributed by atoms with E-state index in [2.05, 4.69) is 10.3 Å². The van der Waals surface area contributed by atoms with Crippen LogP contribution >= 0.6 is 0 Å². The van der Waals surface area contributed by atoms with E-state index in [0.717, 1.165) is 17.7 Å². The van der Waals surface area contributed by atoms with Crippen LogP contribution < -0.4 is 11.1 Å². The highest BCUT2D eigenvalue weighted by Crippen LogP contribution is 2.10. The minimum Gasteiger partial charge on any atom is -0.330 e. The summed E-state index contributed by atoms with van der Waals surface area (Å²) in [5.74, 6) is -0.125. The second kappa shape index (κ2) is 5.93. The van der Waals surface area contributed by atoms with Crippen molar-refractivity contribution in [2.45, 2.75) is 6.42 Å². The normalized spacial score (nSPS) is 10.1. The van der Waals surface area contributed by atoms with E-state index in [1.807, 2.05) is 18.2 Å². The second-order valence-electron chi connectivity index (χ2n) is 3.93. The van der Waals surface area contributed by atoms with Gasteiger partial charge < -0.3 is 11.1 Å². The molecule has 0 fully saturated rings. The van der Waals surface area contributed by atoms with Gasteiger partial charge in [-0.15, -0.1) is 0 Å². The Morgan fingerprint density at radius 1 is 1.22 bits per heavy atom. The molecule has 4 nitrogen and oxygen atoms in total. The molecule has 0 aliphatic rings. The Hall–Kier alpha value is -2.20. The Morgan fingerprint density at radius 3 is 2.72 bits per heavy atom. The summed E-state index contributed by atoms with van der Waals surface area (Å²) in [5.41, 5.74) is 7.94. The van der Waals surface area contributed by atoms with Crippen LogP contribution in [0.3, 0.4) is 0 Å². The van der Waals surface area contributed by atoms with Crippen LogP contribution in [0.15, 0.2) is 48.8 Å². The van der Waals surface area contributed by atoms with Crippen molar-refractivity contribution in [2.24, 2.45) is 5.73 Å². The van der Waals surface area contributed by atoms with Gasteiger partial charge in [0.2, 0.25) is 0 Å². The monoisotopic (exact) mass is 241 g/mol. The fourth-order valence-corrected chi connectivity index (χ4v) is 1.67. The van der Waals surface area contributed by atoms with Crippen LogP contribution in [-0.2, 0) is 6.42 Å². The minimum absolute atomic E-state index is 0.125. The Kier molecular flexibility index (Phi) is 4.04. The summed E-state index contributed by atoms with van der Waals surface area (Å²) in [6.07, 6.45) is 4.05. The first-order valence-electron chi connectivity index (χ1n) is 5.80. The third-order valence-electron chi connectivity index (χ3n) is 2.56. The summed E-state index contributed by atoms with van der Waals surface area (Å²) in [4.78, 5) is 15.9. The lowest BCUT2D eigenvalue weighted by atomic mass is 10.1. The van der Waals surface area contributed by atoms with Crippen molar-refractivity contribution < 1.29 is 4.79 Å². The number of nitrogens with two attached hydrogens (primary N) is 1. The lowest BCUT2D eigenvalue weighted by Gasteiger charge is -2.06. The van der Waals surface area contributed by atoms with Crippen molar-refractivity contribution in [1.29, 1.82) is 0 Å². The molecule has 4 heteroatoms. The fraction of sp³-hybridized carbons (Fsp3) is 0.143. The predicted molar refractivity (Wildman–Crippen MR) is 71.4 cm³/mol. The number of nitrogens with zero attached hydrogens (tertiary/aromatic N) is 1. The van der Waals surface area contributed by atoms with Crippen LogP contribution in [0.5, 0.6) is 0 Å². The van der Waals surface area contributed by atoms with Crippen LogP contribution in [0, 0.1) is 0 Å². The molecular weight excluding hydrogens is 226 g/mol. The standard InChI is InChI=1S/C14H15N3O/c15-7-4-11-2-1-3-12(10-11)14(18)17-13-5-8-16-9-6-13/h1-3,5-6,8-10H,4,7,15H2,(H,16,17,18). The van der Waals surface area contributed by atoms with E-state index < -0.39 is 0 Å². The van der Waals surface area contributed by atoms with Gasteiger partial charge in [-0.3, -0.25) is 9.78 Å². The molecule has 0 saturated carbocycles. The largest absolute Gasteiger partial charge is 0.330 e. The molecule has 0 spiro atoms. The topological polar surface area (TPSA) is 68.0 Å². The smallest absolute Gasteiger partial charge is 0.255 e. The third kappa shape index (κ3) is 3.15. The number of amides is 1. The number of carbonyl (C=O) groups is 1. The van der Waals surface area contributed by atoms with Gasteiger partial charge in [0.05, 0.1) is 0 Å². The van der Waals surface area contributed by atoms with Crippen molar-refractivity contribution in [3.63, 3.8) is 0 Å². The van der Waals surface area contributed by atoms with Crippen molar-refractivity contribution in [3.8, 4) is 0 Å². The summed E-state index contributed by atoms with van der Waals surface area (Å²) in [6, 6.07) is 11.0. The molecular formula is C14H15N3O. The van der Waals surface area contributed by atoms with Gasteiger partial charge in [0.15, 0.2) is 0 Å². The number of anilines is 1. The maximum Gasteiger partial charge on any atom is 0.255 e. The molecule has 1 aromatic carbocycles. The molecule has 2 aromatic rings. The van der Waals surface area contributed by atoms with Crippen molar-refractivity contribution in [2.75, 3.05) is 11.9 Å². The first-order valence-corrected chi connectivity index (χ1v) is 5.80. The third-order valence-corrected chi connectivity index (χ3v) is 2.56. The number of rotatable bonds is 4. The number of benzene rings is 1. The number of hydrogen-bond acceptors (Lipinski definition) is 3. The van der Waals surface area contributed by atoms with Crippen molar-refractivity contribution in [3.05, 3.63) is 59.9 Å². The zero-order valence-corrected chi connectivity index (χ0v) is 9.97.